The summed E-state index contributed by atoms with van der Waals surface area (Å²) in [6, 6.07) is 9.58. The molecule has 150 valence electrons. The number of pyridine rings is 1. The summed E-state index contributed by atoms with van der Waals surface area (Å²) >= 11 is 0.992. The Bertz CT molecular complexity index is 990. The molecule has 7 nitrogen and oxygen atoms in total. The number of hydrogen-bond acceptors (Lipinski definition) is 6. The largest absolute Gasteiger partial charge is 0.349 e. The molecule has 1 aromatic carbocycles. The fourth-order valence-electron chi connectivity index (χ4n) is 2.75. The maximum absolute atomic E-state index is 14.7. The van der Waals surface area contributed by atoms with Crippen molar-refractivity contribution in [2.45, 2.75) is 32.4 Å². The second-order valence-corrected chi connectivity index (χ2v) is 7.92. The second kappa shape index (κ2) is 8.44. The lowest BCUT2D eigenvalue weighted by atomic mass is 10.0. The maximum atomic E-state index is 14.7. The van der Waals surface area contributed by atoms with E-state index in [0.717, 1.165) is 16.4 Å². The number of para-hydroxylation sites is 1. The highest BCUT2D eigenvalue weighted by atomic mass is 32.1. The predicted molar refractivity (Wildman–Crippen MR) is 108 cm³/mol. The van der Waals surface area contributed by atoms with E-state index in [1.54, 1.807) is 24.3 Å². The molecular weight excluding hydrogens is 393 g/mol. The van der Waals surface area contributed by atoms with Crippen LogP contribution in [0.3, 0.4) is 0 Å². The topological polar surface area (TPSA) is 88.1 Å². The van der Waals surface area contributed by atoms with Crippen LogP contribution in [0.5, 0.6) is 0 Å². The van der Waals surface area contributed by atoms with Crippen LogP contribution in [-0.2, 0) is 4.79 Å². The molecule has 0 aliphatic rings. The van der Waals surface area contributed by atoms with Crippen LogP contribution in [-0.4, -0.2) is 31.9 Å². The Kier molecular flexibility index (Phi) is 5.97. The molecule has 0 radical (unpaired) electrons. The third-order valence-electron chi connectivity index (χ3n) is 3.88. The van der Waals surface area contributed by atoms with E-state index in [-0.39, 0.29) is 11.4 Å². The molecule has 0 fully saturated rings. The van der Waals surface area contributed by atoms with Crippen LogP contribution in [0, 0.1) is 5.82 Å². The summed E-state index contributed by atoms with van der Waals surface area (Å²) in [5.74, 6) is -1.78. The van der Waals surface area contributed by atoms with Gasteiger partial charge in [0, 0.05) is 17.1 Å². The van der Waals surface area contributed by atoms with Crippen LogP contribution in [0.1, 0.15) is 43.0 Å². The molecule has 0 aliphatic carbocycles. The number of aromatic nitrogens is 3. The number of amides is 2. The Labute approximate surface area is 171 Å². The van der Waals surface area contributed by atoms with Crippen LogP contribution in [0.4, 0.5) is 10.1 Å². The smallest absolute Gasteiger partial charge is 0.280 e. The first-order valence-electron chi connectivity index (χ1n) is 8.86. The number of hydrogen-bond donors (Lipinski definition) is 1. The Morgan fingerprint density at radius 1 is 1.14 bits per heavy atom. The zero-order valence-electron chi connectivity index (χ0n) is 16.2. The minimum Gasteiger partial charge on any atom is -0.349 e. The van der Waals surface area contributed by atoms with Crippen molar-refractivity contribution in [2.24, 2.45) is 0 Å². The van der Waals surface area contributed by atoms with Crippen molar-refractivity contribution in [3.8, 4) is 0 Å². The number of anilines is 1. The number of carbonyl (C=O) groups is 2. The van der Waals surface area contributed by atoms with Crippen molar-refractivity contribution in [1.29, 1.82) is 0 Å². The second-order valence-electron chi connectivity index (χ2n) is 7.31. The van der Waals surface area contributed by atoms with Gasteiger partial charge in [-0.2, -0.15) is 0 Å². The first-order chi connectivity index (χ1) is 13.8. The average molecular weight is 413 g/mol. The van der Waals surface area contributed by atoms with E-state index in [2.05, 4.69) is 19.9 Å². The normalized spacial score (nSPS) is 12.3. The molecule has 0 saturated heterocycles. The Balaban J connectivity index is 2.18. The molecule has 29 heavy (non-hydrogen) atoms. The summed E-state index contributed by atoms with van der Waals surface area (Å²) in [5, 5.41) is 8.12. The molecular formula is C20H20FN5O2S. The lowest BCUT2D eigenvalue weighted by Gasteiger charge is -2.32. The van der Waals surface area contributed by atoms with Crippen LogP contribution in [0.2, 0.25) is 0 Å². The van der Waals surface area contributed by atoms with Crippen LogP contribution in [0.25, 0.3) is 0 Å². The van der Waals surface area contributed by atoms with Gasteiger partial charge in [-0.05, 0) is 56.6 Å². The van der Waals surface area contributed by atoms with E-state index >= 15 is 0 Å². The van der Waals surface area contributed by atoms with Gasteiger partial charge in [-0.3, -0.25) is 19.5 Å². The Morgan fingerprint density at radius 3 is 2.45 bits per heavy atom. The van der Waals surface area contributed by atoms with Gasteiger partial charge in [0.2, 0.25) is 5.91 Å². The number of benzene rings is 1. The Morgan fingerprint density at radius 2 is 1.86 bits per heavy atom. The van der Waals surface area contributed by atoms with E-state index in [4.69, 9.17) is 0 Å². The van der Waals surface area contributed by atoms with E-state index in [0.29, 0.717) is 5.69 Å². The van der Waals surface area contributed by atoms with Gasteiger partial charge >= 0.3 is 0 Å². The molecule has 0 spiro atoms. The van der Waals surface area contributed by atoms with E-state index < -0.39 is 29.2 Å². The highest BCUT2D eigenvalue weighted by Gasteiger charge is 2.37. The minimum atomic E-state index is -1.21. The molecule has 1 N–H and O–H groups in total. The molecule has 0 bridgehead atoms. The summed E-state index contributed by atoms with van der Waals surface area (Å²) in [6.45, 7) is 5.46. The van der Waals surface area contributed by atoms with E-state index in [1.807, 2.05) is 20.8 Å². The first-order valence-corrected chi connectivity index (χ1v) is 9.69. The fraction of sp³-hybridized carbons (Fsp3) is 0.250. The summed E-state index contributed by atoms with van der Waals surface area (Å²) < 4.78 is 18.5. The molecule has 1 atom stereocenters. The van der Waals surface area contributed by atoms with Gasteiger partial charge in [-0.25, -0.2) is 4.39 Å². The molecule has 2 amide bonds. The number of rotatable bonds is 5. The lowest BCUT2D eigenvalue weighted by Crippen LogP contribution is -2.50. The molecule has 9 heteroatoms. The quantitative estimate of drug-likeness (QED) is 0.693. The zero-order chi connectivity index (χ0) is 21.0. The molecule has 3 aromatic rings. The fourth-order valence-corrected chi connectivity index (χ4v) is 3.18. The molecule has 2 heterocycles. The third-order valence-corrected chi connectivity index (χ3v) is 4.39. The highest BCUT2D eigenvalue weighted by Crippen LogP contribution is 2.31. The molecule has 0 saturated carbocycles. The number of nitrogens with zero attached hydrogens (tertiary/aromatic N) is 4. The molecule has 1 unspecified atom stereocenters. The van der Waals surface area contributed by atoms with Crippen LogP contribution >= 0.6 is 11.5 Å². The van der Waals surface area contributed by atoms with Gasteiger partial charge in [-0.15, -0.1) is 5.10 Å². The first kappa shape index (κ1) is 20.5. The van der Waals surface area contributed by atoms with Crippen molar-refractivity contribution < 1.29 is 14.0 Å². The number of halogens is 1. The van der Waals surface area contributed by atoms with Crippen LogP contribution < -0.4 is 10.2 Å². The minimum absolute atomic E-state index is 0.0164. The van der Waals surface area contributed by atoms with Crippen molar-refractivity contribution in [3.05, 3.63) is 71.2 Å². The van der Waals surface area contributed by atoms with Crippen molar-refractivity contribution in [1.82, 2.24) is 19.9 Å². The SMILES string of the molecule is CC(C)(C)NC(=O)C(c1ccccn1)N(C(=O)c1csnn1)c1ccccc1F. The van der Waals surface area contributed by atoms with E-state index in [1.165, 1.54) is 29.8 Å². The van der Waals surface area contributed by atoms with Crippen molar-refractivity contribution in [2.75, 3.05) is 4.90 Å². The molecule has 2 aromatic heterocycles. The standard InChI is InChI=1S/C20H20FN5O2S/c1-20(2,3)23-18(27)17(14-9-6-7-11-22-14)26(16-10-5-4-8-13(16)21)19(28)15-12-29-25-24-15/h4-12,17H,1-3H3,(H,23,27). The van der Waals surface area contributed by atoms with Crippen molar-refractivity contribution in [3.63, 3.8) is 0 Å². The van der Waals surface area contributed by atoms with Gasteiger partial charge in [0.05, 0.1) is 11.4 Å². The molecule has 0 aliphatic heterocycles. The maximum Gasteiger partial charge on any atom is 0.280 e. The van der Waals surface area contributed by atoms with E-state index in [9.17, 15) is 14.0 Å². The summed E-state index contributed by atoms with van der Waals surface area (Å²) in [4.78, 5) is 31.9. The number of carbonyl (C=O) groups excluding carboxylic acids is 2. The summed E-state index contributed by atoms with van der Waals surface area (Å²) in [5.41, 5.74) is -0.307. The summed E-state index contributed by atoms with van der Waals surface area (Å²) in [6.07, 6.45) is 1.51. The average Bonchev–Trinajstić information content (AvgIpc) is 3.20. The number of nitrogens with one attached hydrogen (secondary N) is 1. The predicted octanol–water partition coefficient (Wildman–Crippen LogP) is 3.38. The highest BCUT2D eigenvalue weighted by molar-refractivity contribution is 7.03. The van der Waals surface area contributed by atoms with Crippen molar-refractivity contribution >= 4 is 29.0 Å². The van der Waals surface area contributed by atoms with Gasteiger partial charge in [0.15, 0.2) is 11.7 Å². The monoisotopic (exact) mass is 413 g/mol. The lowest BCUT2D eigenvalue weighted by molar-refractivity contribution is -0.124. The summed E-state index contributed by atoms with van der Waals surface area (Å²) in [7, 11) is 0. The molecule has 3 rings (SSSR count). The zero-order valence-corrected chi connectivity index (χ0v) is 17.0. The van der Waals surface area contributed by atoms with Gasteiger partial charge in [0.25, 0.3) is 5.91 Å². The Hall–Kier alpha value is -3.20. The van der Waals surface area contributed by atoms with Gasteiger partial charge in [0.1, 0.15) is 5.82 Å². The van der Waals surface area contributed by atoms with Gasteiger partial charge < -0.3 is 5.32 Å². The van der Waals surface area contributed by atoms with Crippen LogP contribution in [0.15, 0.2) is 54.0 Å². The third kappa shape index (κ3) is 4.80. The van der Waals surface area contributed by atoms with Gasteiger partial charge in [-0.1, -0.05) is 22.7 Å².